The van der Waals surface area contributed by atoms with Gasteiger partial charge in [-0.1, -0.05) is 96.1 Å². The molecule has 0 saturated carbocycles. The molecule has 0 N–H and O–H groups in total. The highest BCUT2D eigenvalue weighted by Gasteiger charge is 2.15. The highest BCUT2D eigenvalue weighted by molar-refractivity contribution is 5.94. The second kappa shape index (κ2) is 28.2. The van der Waals surface area contributed by atoms with Crippen molar-refractivity contribution < 1.29 is 47.6 Å². The van der Waals surface area contributed by atoms with E-state index in [9.17, 15) is 19.2 Å². The average molecular weight is 883 g/mol. The fourth-order valence-corrected chi connectivity index (χ4v) is 6.85. The third-order valence-corrected chi connectivity index (χ3v) is 10.6. The summed E-state index contributed by atoms with van der Waals surface area (Å²) in [6, 6.07) is 31.7. The fraction of sp³-hybridized carbons (Fsp3) is 0.345. The molecule has 0 bridgehead atoms. The van der Waals surface area contributed by atoms with Gasteiger partial charge in [-0.15, -0.1) is 6.58 Å². The third-order valence-electron chi connectivity index (χ3n) is 10.6. The van der Waals surface area contributed by atoms with Crippen LogP contribution < -0.4 is 28.4 Å². The van der Waals surface area contributed by atoms with Crippen molar-refractivity contribution >= 4 is 23.9 Å². The van der Waals surface area contributed by atoms with Crippen LogP contribution in [-0.4, -0.2) is 37.1 Å². The second-order valence-corrected chi connectivity index (χ2v) is 15.9. The maximum absolute atomic E-state index is 13.0. The zero-order valence-corrected chi connectivity index (χ0v) is 37.6. The summed E-state index contributed by atoms with van der Waals surface area (Å²) in [5.74, 6) is -0.201. The quantitative estimate of drug-likeness (QED) is 0.0198. The Bertz CT molecular complexity index is 2210. The maximum Gasteiger partial charge on any atom is 0.343 e. The summed E-state index contributed by atoms with van der Waals surface area (Å²) in [6.45, 7) is 7.25. The number of allylic oxidation sites excluding steroid dienone is 1. The van der Waals surface area contributed by atoms with Crippen LogP contribution in [0.2, 0.25) is 0 Å². The van der Waals surface area contributed by atoms with Gasteiger partial charge in [0, 0.05) is 6.07 Å². The molecule has 5 aromatic carbocycles. The molecule has 342 valence electrons. The van der Waals surface area contributed by atoms with E-state index in [0.717, 1.165) is 32.1 Å². The standard InChI is InChI=1S/C55H62O10/c1-3-5-7-9-11-13-15-17-19-40-61-47-33-25-43(26-34-47)53(57)63-49-37-29-45(30-38-49)55(59)65-51-22-20-21-50(41-51)64-54(58)44-27-35-48(36-28-44)62-52(56)42-23-31-46(32-24-42)60-39-18-16-14-12-10-8-6-4-2/h4,20-38,41H,2-3,5-19,39-40H2,1H3. The molecule has 10 nitrogen and oxygen atoms in total. The molecule has 0 aliphatic heterocycles. The van der Waals surface area contributed by atoms with Crippen molar-refractivity contribution in [2.75, 3.05) is 13.2 Å². The van der Waals surface area contributed by atoms with Gasteiger partial charge in [0.05, 0.1) is 35.5 Å². The number of benzene rings is 5. The predicted molar refractivity (Wildman–Crippen MR) is 253 cm³/mol. The molecule has 10 heteroatoms. The summed E-state index contributed by atoms with van der Waals surface area (Å²) in [7, 11) is 0. The lowest BCUT2D eigenvalue weighted by molar-refractivity contribution is 0.0723. The first kappa shape index (κ1) is 49.3. The molecule has 65 heavy (non-hydrogen) atoms. The van der Waals surface area contributed by atoms with Crippen LogP contribution in [0.25, 0.3) is 0 Å². The Balaban J connectivity index is 0.995. The van der Waals surface area contributed by atoms with Crippen LogP contribution in [0, 0.1) is 0 Å². The minimum Gasteiger partial charge on any atom is -0.494 e. The van der Waals surface area contributed by atoms with E-state index in [1.807, 2.05) is 6.08 Å². The van der Waals surface area contributed by atoms with Crippen molar-refractivity contribution in [2.24, 2.45) is 0 Å². The minimum absolute atomic E-state index is 0.152. The van der Waals surface area contributed by atoms with Crippen LogP contribution >= 0.6 is 0 Å². The molecule has 0 aromatic heterocycles. The van der Waals surface area contributed by atoms with Gasteiger partial charge < -0.3 is 28.4 Å². The lowest BCUT2D eigenvalue weighted by Gasteiger charge is -2.09. The Morgan fingerprint density at radius 3 is 1.05 bits per heavy atom. The Morgan fingerprint density at radius 1 is 0.385 bits per heavy atom. The number of carbonyl (C=O) groups is 4. The highest BCUT2D eigenvalue weighted by atomic mass is 16.6. The van der Waals surface area contributed by atoms with Crippen LogP contribution in [0.4, 0.5) is 0 Å². The van der Waals surface area contributed by atoms with Gasteiger partial charge in [-0.3, -0.25) is 0 Å². The lowest BCUT2D eigenvalue weighted by Crippen LogP contribution is -2.11. The number of unbranched alkanes of at least 4 members (excludes halogenated alkanes) is 14. The van der Waals surface area contributed by atoms with Gasteiger partial charge in [0.2, 0.25) is 0 Å². The van der Waals surface area contributed by atoms with E-state index >= 15 is 0 Å². The summed E-state index contributed by atoms with van der Waals surface area (Å²) in [4.78, 5) is 51.5. The first-order chi connectivity index (χ1) is 31.8. The van der Waals surface area contributed by atoms with Gasteiger partial charge in [-0.25, -0.2) is 19.2 Å². The Labute approximate surface area is 383 Å². The van der Waals surface area contributed by atoms with Crippen molar-refractivity contribution in [3.05, 3.63) is 156 Å². The van der Waals surface area contributed by atoms with E-state index in [4.69, 9.17) is 28.4 Å². The van der Waals surface area contributed by atoms with Gasteiger partial charge in [0.25, 0.3) is 0 Å². The summed E-state index contributed by atoms with van der Waals surface area (Å²) in [5.41, 5.74) is 1.16. The number of esters is 4. The van der Waals surface area contributed by atoms with Gasteiger partial charge >= 0.3 is 23.9 Å². The molecule has 0 atom stereocenters. The largest absolute Gasteiger partial charge is 0.494 e. The van der Waals surface area contributed by atoms with Gasteiger partial charge in [0.15, 0.2) is 0 Å². The molecule has 5 rings (SSSR count). The van der Waals surface area contributed by atoms with Crippen LogP contribution in [-0.2, 0) is 0 Å². The van der Waals surface area contributed by atoms with E-state index in [2.05, 4.69) is 13.5 Å². The zero-order chi connectivity index (χ0) is 45.9. The van der Waals surface area contributed by atoms with Crippen molar-refractivity contribution in [1.29, 1.82) is 0 Å². The van der Waals surface area contributed by atoms with Crippen LogP contribution in [0.3, 0.4) is 0 Å². The van der Waals surface area contributed by atoms with Crippen molar-refractivity contribution in [3.63, 3.8) is 0 Å². The van der Waals surface area contributed by atoms with E-state index < -0.39 is 23.9 Å². The normalized spacial score (nSPS) is 10.7. The molecule has 0 spiro atoms. The molecule has 0 aliphatic carbocycles. The molecule has 0 unspecified atom stereocenters. The molecular formula is C55H62O10. The average Bonchev–Trinajstić information content (AvgIpc) is 3.32. The topological polar surface area (TPSA) is 124 Å². The molecule has 0 amide bonds. The van der Waals surface area contributed by atoms with Crippen molar-refractivity contribution in [1.82, 2.24) is 0 Å². The smallest absolute Gasteiger partial charge is 0.343 e. The zero-order valence-electron chi connectivity index (χ0n) is 37.6. The molecule has 0 fully saturated rings. The van der Waals surface area contributed by atoms with Crippen LogP contribution in [0.5, 0.6) is 34.5 Å². The Morgan fingerprint density at radius 2 is 0.692 bits per heavy atom. The van der Waals surface area contributed by atoms with Gasteiger partial charge in [-0.05, 0) is 135 Å². The van der Waals surface area contributed by atoms with E-state index in [0.29, 0.717) is 35.8 Å². The molecular weight excluding hydrogens is 821 g/mol. The second-order valence-electron chi connectivity index (χ2n) is 15.9. The summed E-state index contributed by atoms with van der Waals surface area (Å²) < 4.78 is 33.7. The van der Waals surface area contributed by atoms with Crippen LogP contribution in [0.1, 0.15) is 151 Å². The Kier molecular flexibility index (Phi) is 21.4. The number of ether oxygens (including phenoxy) is 6. The first-order valence-corrected chi connectivity index (χ1v) is 23.1. The summed E-state index contributed by atoms with van der Waals surface area (Å²) in [6.07, 6.45) is 21.2. The highest BCUT2D eigenvalue weighted by Crippen LogP contribution is 2.24. The molecule has 5 aromatic rings. The molecule has 0 aliphatic rings. The van der Waals surface area contributed by atoms with E-state index in [1.165, 1.54) is 125 Å². The first-order valence-electron chi connectivity index (χ1n) is 23.1. The van der Waals surface area contributed by atoms with Crippen LogP contribution in [0.15, 0.2) is 134 Å². The third kappa shape index (κ3) is 18.1. The number of rotatable bonds is 29. The monoisotopic (exact) mass is 882 g/mol. The number of hydrogen-bond acceptors (Lipinski definition) is 10. The maximum atomic E-state index is 13.0. The van der Waals surface area contributed by atoms with Crippen molar-refractivity contribution in [2.45, 2.75) is 110 Å². The molecule has 0 saturated heterocycles. The molecule has 0 heterocycles. The minimum atomic E-state index is -0.663. The SMILES string of the molecule is C=CCCCCCCCCOc1ccc(C(=O)Oc2ccc(C(=O)Oc3cccc(OC(=O)c4ccc(OC(=O)c5ccc(OCCCCCCCCCCC)cc5)cc4)c3)cc2)cc1. The summed E-state index contributed by atoms with van der Waals surface area (Å²) in [5, 5.41) is 0. The Hall–Kier alpha value is -6.68. The van der Waals surface area contributed by atoms with E-state index in [-0.39, 0.29) is 34.1 Å². The fourth-order valence-electron chi connectivity index (χ4n) is 6.85. The molecule has 0 radical (unpaired) electrons. The van der Waals surface area contributed by atoms with E-state index in [1.54, 1.807) is 66.7 Å². The van der Waals surface area contributed by atoms with Gasteiger partial charge in [-0.2, -0.15) is 0 Å². The summed E-state index contributed by atoms with van der Waals surface area (Å²) >= 11 is 0. The van der Waals surface area contributed by atoms with Gasteiger partial charge in [0.1, 0.15) is 34.5 Å². The number of carbonyl (C=O) groups excluding carboxylic acids is 4. The number of hydrogen-bond donors (Lipinski definition) is 0. The van der Waals surface area contributed by atoms with Crippen molar-refractivity contribution in [3.8, 4) is 34.5 Å². The predicted octanol–water partition coefficient (Wildman–Crippen LogP) is 13.8. The lowest BCUT2D eigenvalue weighted by atomic mass is 10.1.